The highest BCUT2D eigenvalue weighted by Crippen LogP contribution is 2.47. The van der Waals surface area contributed by atoms with E-state index in [4.69, 9.17) is 4.74 Å². The van der Waals surface area contributed by atoms with Gasteiger partial charge in [0.25, 0.3) is 0 Å². The van der Waals surface area contributed by atoms with E-state index in [0.717, 1.165) is 5.75 Å². The van der Waals surface area contributed by atoms with Crippen molar-refractivity contribution < 1.29 is 4.74 Å². The standard InChI is InChI=1S/C14H16O/c1-14-8-3-4-10-5-6-12(15-2)11(7-9-14)13(10)14/h5-7,9H,3-4,8H2,1-2H3/t14-/m1/s1. The lowest BCUT2D eigenvalue weighted by Crippen LogP contribution is -2.23. The molecule has 3 rings (SSSR count). The Morgan fingerprint density at radius 2 is 2.20 bits per heavy atom. The van der Waals surface area contributed by atoms with Crippen LogP contribution >= 0.6 is 0 Å². The van der Waals surface area contributed by atoms with Crippen LogP contribution in [0.4, 0.5) is 0 Å². The predicted octanol–water partition coefficient (Wildman–Crippen LogP) is 3.32. The molecule has 0 heterocycles. The molecule has 0 fully saturated rings. The minimum atomic E-state index is 0.275. The fraction of sp³-hybridized carbons (Fsp3) is 0.429. The molecule has 1 nitrogen and oxygen atoms in total. The monoisotopic (exact) mass is 200 g/mol. The van der Waals surface area contributed by atoms with Crippen LogP contribution in [0.25, 0.3) is 6.08 Å². The topological polar surface area (TPSA) is 9.23 Å². The number of hydrogen-bond donors (Lipinski definition) is 0. The van der Waals surface area contributed by atoms with Crippen LogP contribution in [0.3, 0.4) is 0 Å². The summed E-state index contributed by atoms with van der Waals surface area (Å²) in [4.78, 5) is 0. The molecule has 0 aromatic heterocycles. The maximum atomic E-state index is 5.42. The van der Waals surface area contributed by atoms with Crippen LogP contribution in [0.2, 0.25) is 0 Å². The molecule has 78 valence electrons. The molecule has 2 aliphatic rings. The Bertz CT molecular complexity index is 445. The lowest BCUT2D eigenvalue weighted by atomic mass is 9.73. The van der Waals surface area contributed by atoms with Crippen LogP contribution in [-0.2, 0) is 11.8 Å². The Hall–Kier alpha value is -1.24. The van der Waals surface area contributed by atoms with Gasteiger partial charge < -0.3 is 4.74 Å². The molecular formula is C14H16O. The van der Waals surface area contributed by atoms with E-state index in [9.17, 15) is 0 Å². The third-order valence-corrected chi connectivity index (χ3v) is 3.84. The summed E-state index contributed by atoms with van der Waals surface area (Å²) in [5, 5.41) is 0. The summed E-state index contributed by atoms with van der Waals surface area (Å²) in [6.45, 7) is 2.34. The molecular weight excluding hydrogens is 184 g/mol. The number of methoxy groups -OCH3 is 1. The van der Waals surface area contributed by atoms with Crippen LogP contribution in [0.15, 0.2) is 18.2 Å². The zero-order chi connectivity index (χ0) is 10.5. The van der Waals surface area contributed by atoms with Crippen molar-refractivity contribution in [2.75, 3.05) is 7.11 Å². The summed E-state index contributed by atoms with van der Waals surface area (Å²) in [6, 6.07) is 4.34. The van der Waals surface area contributed by atoms with Gasteiger partial charge in [-0.2, -0.15) is 0 Å². The van der Waals surface area contributed by atoms with E-state index in [2.05, 4.69) is 31.2 Å². The molecule has 0 bridgehead atoms. The van der Waals surface area contributed by atoms with E-state index in [1.807, 2.05) is 0 Å². The number of benzene rings is 1. The van der Waals surface area contributed by atoms with Crippen LogP contribution < -0.4 is 4.74 Å². The number of ether oxygens (including phenoxy) is 1. The first-order valence-corrected chi connectivity index (χ1v) is 5.64. The van der Waals surface area contributed by atoms with Gasteiger partial charge in [0, 0.05) is 11.0 Å². The number of aryl methyl sites for hydroxylation is 1. The summed E-state index contributed by atoms with van der Waals surface area (Å²) in [7, 11) is 1.75. The lowest BCUT2D eigenvalue weighted by Gasteiger charge is -2.31. The normalized spacial score (nSPS) is 26.5. The Balaban J connectivity index is 2.29. The first-order chi connectivity index (χ1) is 7.24. The first-order valence-electron chi connectivity index (χ1n) is 5.64. The fourth-order valence-corrected chi connectivity index (χ4v) is 3.08. The van der Waals surface area contributed by atoms with E-state index < -0.39 is 0 Å². The average molecular weight is 200 g/mol. The van der Waals surface area contributed by atoms with Gasteiger partial charge in [-0.3, -0.25) is 0 Å². The molecule has 2 aliphatic carbocycles. The second-order valence-corrected chi connectivity index (χ2v) is 4.82. The molecule has 0 spiro atoms. The first kappa shape index (κ1) is 9.02. The van der Waals surface area contributed by atoms with Crippen LogP contribution in [0.1, 0.15) is 36.5 Å². The van der Waals surface area contributed by atoms with Crippen LogP contribution in [0, 0.1) is 0 Å². The number of allylic oxidation sites excluding steroid dienone is 1. The van der Waals surface area contributed by atoms with Gasteiger partial charge >= 0.3 is 0 Å². The SMILES string of the molecule is COc1ccc2c3c1C=C[C@@]3(C)CCC2. The van der Waals surface area contributed by atoms with Crippen molar-refractivity contribution in [2.45, 2.75) is 31.6 Å². The van der Waals surface area contributed by atoms with E-state index in [0.29, 0.717) is 0 Å². The van der Waals surface area contributed by atoms with E-state index >= 15 is 0 Å². The van der Waals surface area contributed by atoms with Gasteiger partial charge in [-0.25, -0.2) is 0 Å². The molecule has 1 aromatic carbocycles. The molecule has 0 unspecified atom stereocenters. The molecule has 0 saturated carbocycles. The van der Waals surface area contributed by atoms with Crippen molar-refractivity contribution in [1.82, 2.24) is 0 Å². The zero-order valence-corrected chi connectivity index (χ0v) is 9.34. The van der Waals surface area contributed by atoms with Crippen molar-refractivity contribution >= 4 is 6.08 Å². The molecule has 0 radical (unpaired) electrons. The van der Waals surface area contributed by atoms with Gasteiger partial charge in [0.05, 0.1) is 7.11 Å². The molecule has 1 heteroatoms. The highest BCUT2D eigenvalue weighted by atomic mass is 16.5. The maximum absolute atomic E-state index is 5.42. The largest absolute Gasteiger partial charge is 0.496 e. The number of hydrogen-bond acceptors (Lipinski definition) is 1. The van der Waals surface area contributed by atoms with Crippen molar-refractivity contribution in [3.05, 3.63) is 34.9 Å². The van der Waals surface area contributed by atoms with Gasteiger partial charge in [-0.1, -0.05) is 25.1 Å². The predicted molar refractivity (Wildman–Crippen MR) is 62.3 cm³/mol. The molecule has 1 atom stereocenters. The summed E-state index contributed by atoms with van der Waals surface area (Å²) in [6.07, 6.45) is 8.39. The Morgan fingerprint density at radius 3 is 3.00 bits per heavy atom. The molecule has 0 amide bonds. The van der Waals surface area contributed by atoms with Gasteiger partial charge in [0.2, 0.25) is 0 Å². The summed E-state index contributed by atoms with van der Waals surface area (Å²) in [5.41, 5.74) is 4.63. The fourth-order valence-electron chi connectivity index (χ4n) is 3.08. The minimum Gasteiger partial charge on any atom is -0.496 e. The van der Waals surface area contributed by atoms with Crippen molar-refractivity contribution in [3.8, 4) is 5.75 Å². The Kier molecular flexibility index (Phi) is 1.73. The third kappa shape index (κ3) is 1.09. The van der Waals surface area contributed by atoms with E-state index in [1.54, 1.807) is 7.11 Å². The van der Waals surface area contributed by atoms with Gasteiger partial charge in [-0.05, 0) is 36.5 Å². The molecule has 15 heavy (non-hydrogen) atoms. The molecule has 0 saturated heterocycles. The lowest BCUT2D eigenvalue weighted by molar-refractivity contribution is 0.410. The third-order valence-electron chi connectivity index (χ3n) is 3.84. The van der Waals surface area contributed by atoms with E-state index in [-0.39, 0.29) is 5.41 Å². The second kappa shape index (κ2) is 2.88. The summed E-state index contributed by atoms with van der Waals surface area (Å²) in [5.74, 6) is 1.02. The molecule has 1 aromatic rings. The Morgan fingerprint density at radius 1 is 1.33 bits per heavy atom. The second-order valence-electron chi connectivity index (χ2n) is 4.82. The quantitative estimate of drug-likeness (QED) is 0.675. The van der Waals surface area contributed by atoms with Crippen LogP contribution in [-0.4, -0.2) is 7.11 Å². The highest BCUT2D eigenvalue weighted by molar-refractivity contribution is 5.72. The van der Waals surface area contributed by atoms with E-state index in [1.165, 1.54) is 36.0 Å². The van der Waals surface area contributed by atoms with Crippen LogP contribution in [0.5, 0.6) is 5.75 Å². The highest BCUT2D eigenvalue weighted by Gasteiger charge is 2.36. The van der Waals surface area contributed by atoms with Gasteiger partial charge in [-0.15, -0.1) is 0 Å². The Labute approximate surface area is 90.8 Å². The number of rotatable bonds is 1. The smallest absolute Gasteiger partial charge is 0.126 e. The minimum absolute atomic E-state index is 0.275. The molecule has 0 aliphatic heterocycles. The average Bonchev–Trinajstić information content (AvgIpc) is 2.60. The zero-order valence-electron chi connectivity index (χ0n) is 9.34. The van der Waals surface area contributed by atoms with Crippen molar-refractivity contribution in [3.63, 3.8) is 0 Å². The maximum Gasteiger partial charge on any atom is 0.126 e. The summed E-state index contributed by atoms with van der Waals surface area (Å²) >= 11 is 0. The van der Waals surface area contributed by atoms with Crippen molar-refractivity contribution in [1.29, 1.82) is 0 Å². The van der Waals surface area contributed by atoms with Crippen molar-refractivity contribution in [2.24, 2.45) is 0 Å². The molecule has 0 N–H and O–H groups in total. The van der Waals surface area contributed by atoms with Gasteiger partial charge in [0.15, 0.2) is 0 Å². The van der Waals surface area contributed by atoms with Gasteiger partial charge in [0.1, 0.15) is 5.75 Å². The summed E-state index contributed by atoms with van der Waals surface area (Å²) < 4.78 is 5.42.